The van der Waals surface area contributed by atoms with Gasteiger partial charge < -0.3 is 15.2 Å². The van der Waals surface area contributed by atoms with Gasteiger partial charge in [0, 0.05) is 0 Å². The Hall–Kier alpha value is -2.33. The van der Waals surface area contributed by atoms with Gasteiger partial charge in [0.15, 0.2) is 0 Å². The quantitative estimate of drug-likeness (QED) is 0.855. The zero-order chi connectivity index (χ0) is 17.7. The van der Waals surface area contributed by atoms with E-state index in [4.69, 9.17) is 4.74 Å². The molecule has 2 aromatic carbocycles. The predicted octanol–water partition coefficient (Wildman–Crippen LogP) is 3.35. The van der Waals surface area contributed by atoms with Gasteiger partial charge >= 0.3 is 0 Å². The van der Waals surface area contributed by atoms with Gasteiger partial charge in [0.05, 0.1) is 25.2 Å². The molecule has 3 atom stereocenters. The number of aliphatic hydroxyl groups excluding tert-OH is 1. The van der Waals surface area contributed by atoms with Gasteiger partial charge in [0.25, 0.3) is 0 Å². The molecular weight excluding hydrogens is 302 g/mol. The van der Waals surface area contributed by atoms with Crippen molar-refractivity contribution in [3.63, 3.8) is 0 Å². The largest absolute Gasteiger partial charge is 0.497 e. The maximum absolute atomic E-state index is 12.5. The van der Waals surface area contributed by atoms with Crippen molar-refractivity contribution in [3.05, 3.63) is 65.2 Å². The summed E-state index contributed by atoms with van der Waals surface area (Å²) < 4.78 is 5.11. The molecule has 0 aliphatic carbocycles. The van der Waals surface area contributed by atoms with Crippen LogP contribution < -0.4 is 10.1 Å². The second-order valence-corrected chi connectivity index (χ2v) is 6.15. The molecule has 4 nitrogen and oxygen atoms in total. The van der Waals surface area contributed by atoms with Crippen molar-refractivity contribution in [1.82, 2.24) is 5.32 Å². The average molecular weight is 327 g/mol. The Labute approximate surface area is 143 Å². The van der Waals surface area contributed by atoms with Crippen LogP contribution in [0, 0.1) is 6.92 Å². The lowest BCUT2D eigenvalue weighted by Crippen LogP contribution is -2.39. The molecule has 0 radical (unpaired) electrons. The van der Waals surface area contributed by atoms with Gasteiger partial charge in [-0.1, -0.05) is 42.0 Å². The standard InChI is InChI=1S/C20H25NO3/c1-13-6-5-7-17(12-13)14(2)20(23)21-15(3)19(22)16-8-10-18(24-4)11-9-16/h5-12,14-15,19,22H,1-4H3,(H,21,23). The van der Waals surface area contributed by atoms with Gasteiger partial charge in [0.2, 0.25) is 5.91 Å². The van der Waals surface area contributed by atoms with Gasteiger partial charge in [-0.3, -0.25) is 4.79 Å². The zero-order valence-corrected chi connectivity index (χ0v) is 14.6. The van der Waals surface area contributed by atoms with E-state index in [2.05, 4.69) is 5.32 Å². The van der Waals surface area contributed by atoms with Crippen molar-refractivity contribution >= 4 is 5.91 Å². The van der Waals surface area contributed by atoms with Gasteiger partial charge in [-0.25, -0.2) is 0 Å². The van der Waals surface area contributed by atoms with Crippen LogP contribution in [0.15, 0.2) is 48.5 Å². The number of aryl methyl sites for hydroxylation is 1. The molecule has 128 valence electrons. The lowest BCUT2D eigenvalue weighted by Gasteiger charge is -2.23. The summed E-state index contributed by atoms with van der Waals surface area (Å²) in [5, 5.41) is 13.3. The van der Waals surface area contributed by atoms with Gasteiger partial charge in [-0.2, -0.15) is 0 Å². The Bertz CT molecular complexity index is 682. The van der Waals surface area contributed by atoms with E-state index in [9.17, 15) is 9.90 Å². The number of carbonyl (C=O) groups is 1. The highest BCUT2D eigenvalue weighted by atomic mass is 16.5. The highest BCUT2D eigenvalue weighted by Gasteiger charge is 2.22. The molecule has 2 aromatic rings. The Morgan fingerprint density at radius 3 is 2.33 bits per heavy atom. The van der Waals surface area contributed by atoms with Crippen molar-refractivity contribution in [2.45, 2.75) is 38.8 Å². The van der Waals surface area contributed by atoms with Crippen LogP contribution in [0.5, 0.6) is 5.75 Å². The minimum atomic E-state index is -0.774. The Kier molecular flexibility index (Phi) is 5.99. The molecule has 24 heavy (non-hydrogen) atoms. The van der Waals surface area contributed by atoms with Gasteiger partial charge in [-0.15, -0.1) is 0 Å². The molecular formula is C20H25NO3. The summed E-state index contributed by atoms with van der Waals surface area (Å²) in [7, 11) is 1.60. The van der Waals surface area contributed by atoms with Crippen LogP contribution >= 0.6 is 0 Å². The number of benzene rings is 2. The van der Waals surface area contributed by atoms with E-state index in [0.29, 0.717) is 0 Å². The first kappa shape index (κ1) is 18.0. The molecule has 2 rings (SSSR count). The fourth-order valence-electron chi connectivity index (χ4n) is 2.61. The van der Waals surface area contributed by atoms with E-state index >= 15 is 0 Å². The number of rotatable bonds is 6. The topological polar surface area (TPSA) is 58.6 Å². The molecule has 0 spiro atoms. The molecule has 0 saturated heterocycles. The Balaban J connectivity index is 2.01. The number of aliphatic hydroxyl groups is 1. The first-order valence-electron chi connectivity index (χ1n) is 8.11. The van der Waals surface area contributed by atoms with E-state index in [1.807, 2.05) is 38.1 Å². The number of nitrogens with one attached hydrogen (secondary N) is 1. The van der Waals surface area contributed by atoms with Crippen LogP contribution in [0.3, 0.4) is 0 Å². The molecule has 0 saturated carbocycles. The van der Waals surface area contributed by atoms with Crippen molar-refractivity contribution < 1.29 is 14.6 Å². The minimum absolute atomic E-state index is 0.0966. The van der Waals surface area contributed by atoms with Crippen molar-refractivity contribution in [1.29, 1.82) is 0 Å². The second-order valence-electron chi connectivity index (χ2n) is 6.15. The second kappa shape index (κ2) is 7.97. The highest BCUT2D eigenvalue weighted by molar-refractivity contribution is 5.83. The molecule has 0 aliphatic heterocycles. The summed E-state index contributed by atoms with van der Waals surface area (Å²) in [5.74, 6) is 0.367. The number of methoxy groups -OCH3 is 1. The van der Waals surface area contributed by atoms with E-state index in [1.165, 1.54) is 0 Å². The van der Waals surface area contributed by atoms with Crippen LogP contribution in [0.25, 0.3) is 0 Å². The van der Waals surface area contributed by atoms with Gasteiger partial charge in [-0.05, 0) is 44.0 Å². The fourth-order valence-corrected chi connectivity index (χ4v) is 2.61. The number of carbonyl (C=O) groups excluding carboxylic acids is 1. The number of amides is 1. The summed E-state index contributed by atoms with van der Waals surface area (Å²) in [6.45, 7) is 5.68. The molecule has 3 unspecified atom stereocenters. The van der Waals surface area contributed by atoms with Crippen LogP contribution in [0.4, 0.5) is 0 Å². The molecule has 0 aliphatic rings. The summed E-state index contributed by atoms with van der Waals surface area (Å²) in [6, 6.07) is 14.7. The van der Waals surface area contributed by atoms with Crippen LogP contribution in [-0.4, -0.2) is 24.2 Å². The molecule has 0 heterocycles. The van der Waals surface area contributed by atoms with E-state index in [1.54, 1.807) is 38.3 Å². The maximum atomic E-state index is 12.5. The molecule has 0 aromatic heterocycles. The first-order chi connectivity index (χ1) is 11.4. The molecule has 0 bridgehead atoms. The normalized spacial score (nSPS) is 14.5. The molecule has 2 N–H and O–H groups in total. The van der Waals surface area contributed by atoms with E-state index < -0.39 is 12.1 Å². The van der Waals surface area contributed by atoms with Crippen LogP contribution in [0.1, 0.15) is 42.6 Å². The van der Waals surface area contributed by atoms with E-state index in [-0.39, 0.29) is 11.8 Å². The fraction of sp³-hybridized carbons (Fsp3) is 0.350. The van der Waals surface area contributed by atoms with Crippen LogP contribution in [-0.2, 0) is 4.79 Å². The van der Waals surface area contributed by atoms with E-state index in [0.717, 1.165) is 22.4 Å². The third kappa shape index (κ3) is 4.36. The zero-order valence-electron chi connectivity index (χ0n) is 14.6. The monoisotopic (exact) mass is 327 g/mol. The summed E-state index contributed by atoms with van der Waals surface area (Å²) in [5.41, 5.74) is 2.84. The Morgan fingerprint density at radius 1 is 1.08 bits per heavy atom. The number of ether oxygens (including phenoxy) is 1. The number of hydrogen-bond acceptors (Lipinski definition) is 3. The Morgan fingerprint density at radius 2 is 1.75 bits per heavy atom. The first-order valence-corrected chi connectivity index (χ1v) is 8.11. The summed E-state index contributed by atoms with van der Waals surface area (Å²) >= 11 is 0. The minimum Gasteiger partial charge on any atom is -0.497 e. The highest BCUT2D eigenvalue weighted by Crippen LogP contribution is 2.22. The lowest BCUT2D eigenvalue weighted by atomic mass is 9.97. The third-order valence-electron chi connectivity index (χ3n) is 4.24. The van der Waals surface area contributed by atoms with Crippen molar-refractivity contribution in [2.75, 3.05) is 7.11 Å². The third-order valence-corrected chi connectivity index (χ3v) is 4.24. The van der Waals surface area contributed by atoms with Crippen molar-refractivity contribution in [3.8, 4) is 5.75 Å². The van der Waals surface area contributed by atoms with Crippen LogP contribution in [0.2, 0.25) is 0 Å². The maximum Gasteiger partial charge on any atom is 0.227 e. The van der Waals surface area contributed by atoms with Gasteiger partial charge in [0.1, 0.15) is 5.75 Å². The van der Waals surface area contributed by atoms with Crippen molar-refractivity contribution in [2.24, 2.45) is 0 Å². The lowest BCUT2D eigenvalue weighted by molar-refractivity contribution is -0.123. The molecule has 0 fully saturated rings. The predicted molar refractivity (Wildman–Crippen MR) is 95.2 cm³/mol. The SMILES string of the molecule is COc1ccc(C(O)C(C)NC(=O)C(C)c2cccc(C)c2)cc1. The number of hydrogen-bond donors (Lipinski definition) is 2. The smallest absolute Gasteiger partial charge is 0.227 e. The summed E-state index contributed by atoms with van der Waals surface area (Å²) in [4.78, 5) is 12.5. The average Bonchev–Trinajstić information content (AvgIpc) is 2.60. The molecule has 1 amide bonds. The summed E-state index contributed by atoms with van der Waals surface area (Å²) in [6.07, 6.45) is -0.774. The molecule has 4 heteroatoms.